The molecule has 19 heavy (non-hydrogen) atoms. The van der Waals surface area contributed by atoms with Gasteiger partial charge in [0.2, 0.25) is 0 Å². The Kier molecular flexibility index (Phi) is 3.65. The first kappa shape index (κ1) is 12.4. The van der Waals surface area contributed by atoms with Crippen molar-refractivity contribution in [1.82, 2.24) is 0 Å². The van der Waals surface area contributed by atoms with Crippen molar-refractivity contribution in [2.45, 2.75) is 25.7 Å². The predicted molar refractivity (Wildman–Crippen MR) is 74.1 cm³/mol. The van der Waals surface area contributed by atoms with Gasteiger partial charge in [-0.15, -0.1) is 0 Å². The molecule has 1 aromatic heterocycles. The average molecular weight is 258 g/mol. The molecule has 1 fully saturated rings. The molecule has 2 heterocycles. The molecule has 3 nitrogen and oxygen atoms in total. The van der Waals surface area contributed by atoms with Gasteiger partial charge in [-0.2, -0.15) is 0 Å². The molecule has 1 unspecified atom stereocenters. The van der Waals surface area contributed by atoms with Gasteiger partial charge in [-0.05, 0) is 43.2 Å². The number of allylic oxidation sites excluding steroid dienone is 3. The number of fused-ring (bicyclic) bond motifs is 1. The number of rotatable bonds is 2. The summed E-state index contributed by atoms with van der Waals surface area (Å²) in [5.74, 6) is 1.24. The van der Waals surface area contributed by atoms with Gasteiger partial charge in [0, 0.05) is 24.8 Å². The molecule has 3 heteroatoms. The maximum atomic E-state index is 11.7. The zero-order valence-corrected chi connectivity index (χ0v) is 10.9. The first-order chi connectivity index (χ1) is 9.33. The largest absolute Gasteiger partial charge is 0.423 e. The molecular weight excluding hydrogens is 240 g/mol. The van der Waals surface area contributed by atoms with Gasteiger partial charge in [-0.1, -0.05) is 18.2 Å². The van der Waals surface area contributed by atoms with Crippen LogP contribution in [-0.4, -0.2) is 13.2 Å². The minimum atomic E-state index is -0.253. The molecule has 0 bridgehead atoms. The van der Waals surface area contributed by atoms with Gasteiger partial charge in [0.05, 0.1) is 0 Å². The summed E-state index contributed by atoms with van der Waals surface area (Å²) in [5.41, 5.74) is 2.02. The van der Waals surface area contributed by atoms with E-state index in [-0.39, 0.29) is 5.63 Å². The van der Waals surface area contributed by atoms with Gasteiger partial charge in [0.15, 0.2) is 0 Å². The Morgan fingerprint density at radius 3 is 3.11 bits per heavy atom. The average Bonchev–Trinajstić information content (AvgIpc) is 2.65. The molecule has 0 spiro atoms. The normalized spacial score (nSPS) is 22.0. The lowest BCUT2D eigenvalue weighted by atomic mass is 9.91. The van der Waals surface area contributed by atoms with Crippen LogP contribution in [0.4, 0.5) is 0 Å². The van der Waals surface area contributed by atoms with Crippen LogP contribution < -0.4 is 5.63 Å². The fourth-order valence-corrected chi connectivity index (χ4v) is 2.82. The Morgan fingerprint density at radius 2 is 2.26 bits per heavy atom. The van der Waals surface area contributed by atoms with E-state index in [1.165, 1.54) is 6.42 Å². The lowest BCUT2D eigenvalue weighted by Gasteiger charge is -2.23. The lowest BCUT2D eigenvalue weighted by molar-refractivity contribution is 0.0549. The summed E-state index contributed by atoms with van der Waals surface area (Å²) in [5, 5.41) is 0. The van der Waals surface area contributed by atoms with Crippen LogP contribution in [-0.2, 0) is 17.6 Å². The second-order valence-corrected chi connectivity index (χ2v) is 5.21. The van der Waals surface area contributed by atoms with Gasteiger partial charge in [-0.3, -0.25) is 0 Å². The summed E-state index contributed by atoms with van der Waals surface area (Å²) >= 11 is 0. The van der Waals surface area contributed by atoms with E-state index >= 15 is 0 Å². The first-order valence-electron chi connectivity index (χ1n) is 6.90. The number of ether oxygens (including phenoxy) is 1. The highest BCUT2D eigenvalue weighted by atomic mass is 16.5. The zero-order chi connectivity index (χ0) is 13.1. The van der Waals surface area contributed by atoms with E-state index in [9.17, 15) is 4.79 Å². The van der Waals surface area contributed by atoms with Crippen LogP contribution in [0.2, 0.25) is 0 Å². The molecule has 1 saturated heterocycles. The second kappa shape index (κ2) is 5.57. The molecule has 1 aliphatic carbocycles. The fourth-order valence-electron chi connectivity index (χ4n) is 2.82. The third-order valence-corrected chi connectivity index (χ3v) is 3.77. The molecule has 2 aliphatic rings. The predicted octanol–water partition coefficient (Wildman–Crippen LogP) is 2.73. The zero-order valence-electron chi connectivity index (χ0n) is 10.9. The first-order valence-corrected chi connectivity index (χ1v) is 6.90. The van der Waals surface area contributed by atoms with Crippen LogP contribution in [0.3, 0.4) is 0 Å². The molecule has 100 valence electrons. The van der Waals surface area contributed by atoms with E-state index in [1.54, 1.807) is 6.07 Å². The molecule has 1 aromatic rings. The van der Waals surface area contributed by atoms with Crippen molar-refractivity contribution < 1.29 is 9.15 Å². The molecule has 1 atom stereocenters. The van der Waals surface area contributed by atoms with Crippen molar-refractivity contribution in [3.05, 3.63) is 51.6 Å². The van der Waals surface area contributed by atoms with Crippen molar-refractivity contribution in [3.8, 4) is 0 Å². The third-order valence-electron chi connectivity index (χ3n) is 3.77. The quantitative estimate of drug-likeness (QED) is 0.818. The van der Waals surface area contributed by atoms with Crippen LogP contribution in [0.1, 0.15) is 29.7 Å². The molecule has 0 saturated carbocycles. The number of hydrogen-bond donors (Lipinski definition) is 0. The molecule has 3 rings (SSSR count). The third kappa shape index (κ3) is 2.87. The highest BCUT2D eigenvalue weighted by Crippen LogP contribution is 2.24. The van der Waals surface area contributed by atoms with Gasteiger partial charge in [0.25, 0.3) is 0 Å². The summed E-state index contributed by atoms with van der Waals surface area (Å²) < 4.78 is 10.8. The standard InChI is InChI=1S/C16H18O3/c17-16-10-13(9-12-5-4-8-18-11-12)14-6-2-1-3-7-15(14)19-16/h1-3,7,10,12H,4-6,8-9,11H2. The van der Waals surface area contributed by atoms with Crippen molar-refractivity contribution in [2.24, 2.45) is 5.92 Å². The van der Waals surface area contributed by atoms with Crippen LogP contribution in [0.5, 0.6) is 0 Å². The molecule has 0 aromatic carbocycles. The highest BCUT2D eigenvalue weighted by Gasteiger charge is 2.18. The molecular formula is C16H18O3. The van der Waals surface area contributed by atoms with Crippen LogP contribution in [0.25, 0.3) is 6.08 Å². The van der Waals surface area contributed by atoms with E-state index in [2.05, 4.69) is 6.08 Å². The summed E-state index contributed by atoms with van der Waals surface area (Å²) in [7, 11) is 0. The Labute approximate surface area is 112 Å². The van der Waals surface area contributed by atoms with E-state index in [0.29, 0.717) is 11.7 Å². The van der Waals surface area contributed by atoms with Gasteiger partial charge >= 0.3 is 5.63 Å². The van der Waals surface area contributed by atoms with Gasteiger partial charge in [0.1, 0.15) is 5.76 Å². The Balaban J connectivity index is 1.91. The van der Waals surface area contributed by atoms with Crippen molar-refractivity contribution in [2.75, 3.05) is 13.2 Å². The van der Waals surface area contributed by atoms with Crippen LogP contribution in [0.15, 0.2) is 33.5 Å². The van der Waals surface area contributed by atoms with E-state index in [0.717, 1.165) is 43.6 Å². The summed E-state index contributed by atoms with van der Waals surface area (Å²) in [6, 6.07) is 1.65. The van der Waals surface area contributed by atoms with Gasteiger partial charge < -0.3 is 9.15 Å². The maximum Gasteiger partial charge on any atom is 0.336 e. The Hall–Kier alpha value is -1.61. The van der Waals surface area contributed by atoms with Gasteiger partial charge in [-0.25, -0.2) is 4.79 Å². The van der Waals surface area contributed by atoms with E-state index in [4.69, 9.17) is 9.15 Å². The minimum Gasteiger partial charge on any atom is -0.423 e. The van der Waals surface area contributed by atoms with Crippen molar-refractivity contribution >= 4 is 6.08 Å². The molecule has 0 N–H and O–H groups in total. The van der Waals surface area contributed by atoms with Crippen molar-refractivity contribution in [1.29, 1.82) is 0 Å². The topological polar surface area (TPSA) is 39.4 Å². The molecule has 0 radical (unpaired) electrons. The monoisotopic (exact) mass is 258 g/mol. The minimum absolute atomic E-state index is 0.253. The maximum absolute atomic E-state index is 11.7. The van der Waals surface area contributed by atoms with E-state index < -0.39 is 0 Å². The summed E-state index contributed by atoms with van der Waals surface area (Å²) in [6.45, 7) is 1.68. The SMILES string of the molecule is O=c1cc(CC2CCCOC2)c2c(o1)C=CC=CC2. The second-order valence-electron chi connectivity index (χ2n) is 5.21. The van der Waals surface area contributed by atoms with Crippen LogP contribution >= 0.6 is 0 Å². The van der Waals surface area contributed by atoms with Crippen molar-refractivity contribution in [3.63, 3.8) is 0 Å². The van der Waals surface area contributed by atoms with Crippen LogP contribution in [0, 0.1) is 5.92 Å². The smallest absolute Gasteiger partial charge is 0.336 e. The molecule has 0 amide bonds. The highest BCUT2D eigenvalue weighted by molar-refractivity contribution is 5.53. The number of hydrogen-bond acceptors (Lipinski definition) is 3. The Bertz CT molecular complexity index is 560. The lowest BCUT2D eigenvalue weighted by Crippen LogP contribution is -2.20. The Morgan fingerprint density at radius 1 is 1.32 bits per heavy atom. The summed E-state index contributed by atoms with van der Waals surface area (Å²) in [4.78, 5) is 11.7. The summed E-state index contributed by atoms with van der Waals surface area (Å²) in [6.07, 6.45) is 11.9. The van der Waals surface area contributed by atoms with E-state index in [1.807, 2.05) is 18.2 Å². The fraction of sp³-hybridized carbons (Fsp3) is 0.438. The molecule has 1 aliphatic heterocycles.